The molecule has 1 heterocycles. The molecule has 4 fully saturated rings. The number of amides is 1. The number of nitrogens with one attached hydrogen (secondary N) is 1. The van der Waals surface area contributed by atoms with Crippen LogP contribution in [0.2, 0.25) is 0 Å². The number of hydrogen-bond donors (Lipinski definition) is 1. The average molecular weight is 370 g/mol. The SMILES string of the molecule is Cc1nnc(NC(=O)CC23CC4CC(CC(Br)(C4)C2)C3)s1. The number of nitrogens with zero attached hydrogens (tertiary/aromatic N) is 2. The maximum atomic E-state index is 12.4. The lowest BCUT2D eigenvalue weighted by Gasteiger charge is -2.60. The second-order valence-corrected chi connectivity index (χ2v) is 10.3. The molecule has 1 aromatic rings. The van der Waals surface area contributed by atoms with Gasteiger partial charge >= 0.3 is 0 Å². The number of carbonyl (C=O) groups is 1. The third-order valence-corrected chi connectivity index (χ3v) is 7.10. The Morgan fingerprint density at radius 1 is 1.33 bits per heavy atom. The predicted molar refractivity (Wildman–Crippen MR) is 86.7 cm³/mol. The molecule has 4 aliphatic rings. The van der Waals surface area contributed by atoms with Crippen molar-refractivity contribution in [3.05, 3.63) is 5.01 Å². The Morgan fingerprint density at radius 2 is 2.05 bits per heavy atom. The van der Waals surface area contributed by atoms with E-state index in [4.69, 9.17) is 0 Å². The normalized spacial score (nSPS) is 40.5. The van der Waals surface area contributed by atoms with Gasteiger partial charge in [-0.15, -0.1) is 10.2 Å². The standard InChI is InChI=1S/C15H20BrN3OS/c1-9-18-19-13(21-9)17-12(20)7-14-3-10-2-11(4-14)6-15(16,5-10)8-14/h10-11H,2-8H2,1H3,(H,17,19,20). The van der Waals surface area contributed by atoms with E-state index < -0.39 is 0 Å². The van der Waals surface area contributed by atoms with Crippen LogP contribution in [0.25, 0.3) is 0 Å². The molecule has 4 saturated carbocycles. The molecule has 1 amide bonds. The number of rotatable bonds is 3. The van der Waals surface area contributed by atoms with E-state index in [0.717, 1.165) is 23.3 Å². The van der Waals surface area contributed by atoms with E-state index in [1.807, 2.05) is 6.92 Å². The Morgan fingerprint density at radius 3 is 2.62 bits per heavy atom. The lowest BCUT2D eigenvalue weighted by molar-refractivity contribution is -0.123. The van der Waals surface area contributed by atoms with E-state index in [1.165, 1.54) is 43.4 Å². The van der Waals surface area contributed by atoms with Gasteiger partial charge in [0.15, 0.2) is 0 Å². The maximum absolute atomic E-state index is 12.4. The highest BCUT2D eigenvalue weighted by Crippen LogP contribution is 2.65. The molecule has 21 heavy (non-hydrogen) atoms. The van der Waals surface area contributed by atoms with E-state index >= 15 is 0 Å². The molecular formula is C15H20BrN3OS. The van der Waals surface area contributed by atoms with Crippen molar-refractivity contribution >= 4 is 38.3 Å². The number of halogens is 1. The number of aromatic nitrogens is 2. The van der Waals surface area contributed by atoms with Crippen LogP contribution < -0.4 is 5.32 Å². The van der Waals surface area contributed by atoms with Crippen LogP contribution in [0.3, 0.4) is 0 Å². The summed E-state index contributed by atoms with van der Waals surface area (Å²) in [5, 5.41) is 12.4. The number of hydrogen-bond acceptors (Lipinski definition) is 4. The zero-order valence-corrected chi connectivity index (χ0v) is 14.6. The first-order chi connectivity index (χ1) is 9.94. The number of carbonyl (C=O) groups excluding carboxylic acids is 1. The Labute approximate surface area is 137 Å². The average Bonchev–Trinajstić information content (AvgIpc) is 2.69. The summed E-state index contributed by atoms with van der Waals surface area (Å²) in [5.41, 5.74) is 0.220. The molecule has 114 valence electrons. The zero-order valence-electron chi connectivity index (χ0n) is 12.2. The van der Waals surface area contributed by atoms with Crippen LogP contribution in [-0.4, -0.2) is 20.4 Å². The van der Waals surface area contributed by atoms with Gasteiger partial charge in [0.2, 0.25) is 11.0 Å². The van der Waals surface area contributed by atoms with Crippen molar-refractivity contribution in [3.8, 4) is 0 Å². The minimum absolute atomic E-state index is 0.115. The number of anilines is 1. The molecule has 4 aliphatic carbocycles. The highest BCUT2D eigenvalue weighted by atomic mass is 79.9. The fraction of sp³-hybridized carbons (Fsp3) is 0.800. The van der Waals surface area contributed by atoms with Gasteiger partial charge in [-0.3, -0.25) is 4.79 Å². The van der Waals surface area contributed by atoms with E-state index in [0.29, 0.717) is 15.9 Å². The van der Waals surface area contributed by atoms with Crippen molar-refractivity contribution in [3.63, 3.8) is 0 Å². The highest BCUT2D eigenvalue weighted by molar-refractivity contribution is 9.10. The number of alkyl halides is 1. The molecule has 2 atom stereocenters. The molecule has 4 bridgehead atoms. The summed E-state index contributed by atoms with van der Waals surface area (Å²) in [4.78, 5) is 12.4. The van der Waals surface area contributed by atoms with Crippen LogP contribution in [0.4, 0.5) is 5.13 Å². The molecule has 1 aromatic heterocycles. The van der Waals surface area contributed by atoms with Crippen LogP contribution in [0.1, 0.15) is 50.0 Å². The van der Waals surface area contributed by atoms with Gasteiger partial charge < -0.3 is 5.32 Å². The van der Waals surface area contributed by atoms with Crippen LogP contribution in [0, 0.1) is 24.2 Å². The quantitative estimate of drug-likeness (QED) is 0.821. The van der Waals surface area contributed by atoms with Crippen LogP contribution in [-0.2, 0) is 4.79 Å². The Kier molecular flexibility index (Phi) is 3.20. The summed E-state index contributed by atoms with van der Waals surface area (Å²) in [5.74, 6) is 1.76. The second kappa shape index (κ2) is 4.75. The van der Waals surface area contributed by atoms with Crippen LogP contribution in [0.5, 0.6) is 0 Å². The highest BCUT2D eigenvalue weighted by Gasteiger charge is 2.57. The minimum atomic E-state index is 0.115. The summed E-state index contributed by atoms with van der Waals surface area (Å²) in [7, 11) is 0. The molecule has 0 aromatic carbocycles. The molecular weight excluding hydrogens is 350 g/mol. The Bertz CT molecular complexity index is 573. The van der Waals surface area contributed by atoms with Crippen LogP contribution in [0.15, 0.2) is 0 Å². The molecule has 4 nitrogen and oxygen atoms in total. The Hall–Kier alpha value is -0.490. The molecule has 6 heteroatoms. The zero-order chi connectivity index (χ0) is 14.7. The summed E-state index contributed by atoms with van der Waals surface area (Å²) < 4.78 is 0.316. The van der Waals surface area contributed by atoms with Crippen LogP contribution >= 0.6 is 27.3 Å². The second-order valence-electron chi connectivity index (χ2n) is 7.46. The van der Waals surface area contributed by atoms with E-state index in [1.54, 1.807) is 0 Å². The lowest BCUT2D eigenvalue weighted by atomic mass is 9.48. The first kappa shape index (κ1) is 14.1. The summed E-state index contributed by atoms with van der Waals surface area (Å²) >= 11 is 5.44. The topological polar surface area (TPSA) is 54.9 Å². The van der Waals surface area contributed by atoms with Crippen molar-refractivity contribution in [1.29, 1.82) is 0 Å². The fourth-order valence-corrected chi connectivity index (χ4v) is 7.51. The minimum Gasteiger partial charge on any atom is -0.301 e. The van der Waals surface area contributed by atoms with Gasteiger partial charge in [-0.2, -0.15) is 0 Å². The molecule has 2 unspecified atom stereocenters. The molecule has 0 spiro atoms. The van der Waals surface area contributed by atoms with Crippen molar-refractivity contribution in [2.24, 2.45) is 17.3 Å². The maximum Gasteiger partial charge on any atom is 0.226 e. The van der Waals surface area contributed by atoms with Crippen molar-refractivity contribution in [2.45, 2.75) is 56.2 Å². The van der Waals surface area contributed by atoms with E-state index in [2.05, 4.69) is 31.4 Å². The van der Waals surface area contributed by atoms with E-state index in [9.17, 15) is 4.79 Å². The third-order valence-electron chi connectivity index (χ3n) is 5.42. The molecule has 5 rings (SSSR count). The van der Waals surface area contributed by atoms with Gasteiger partial charge in [-0.1, -0.05) is 27.3 Å². The lowest BCUT2D eigenvalue weighted by Crippen LogP contribution is -2.53. The Balaban J connectivity index is 1.47. The summed E-state index contributed by atoms with van der Waals surface area (Å²) in [6.07, 6.45) is 8.28. The molecule has 1 N–H and O–H groups in total. The van der Waals surface area contributed by atoms with E-state index in [-0.39, 0.29) is 11.3 Å². The third kappa shape index (κ3) is 2.65. The fourth-order valence-electron chi connectivity index (χ4n) is 5.39. The van der Waals surface area contributed by atoms with Gasteiger partial charge in [0.1, 0.15) is 5.01 Å². The van der Waals surface area contributed by atoms with Gasteiger partial charge in [-0.25, -0.2) is 0 Å². The number of aryl methyl sites for hydroxylation is 1. The van der Waals surface area contributed by atoms with Crippen molar-refractivity contribution in [2.75, 3.05) is 5.32 Å². The van der Waals surface area contributed by atoms with Crippen molar-refractivity contribution < 1.29 is 4.79 Å². The first-order valence-corrected chi connectivity index (χ1v) is 9.34. The first-order valence-electron chi connectivity index (χ1n) is 7.73. The summed E-state index contributed by atoms with van der Waals surface area (Å²) in [6, 6.07) is 0. The van der Waals surface area contributed by atoms with Gasteiger partial charge in [0.05, 0.1) is 0 Å². The summed E-state index contributed by atoms with van der Waals surface area (Å²) in [6.45, 7) is 1.90. The molecule has 0 radical (unpaired) electrons. The monoisotopic (exact) mass is 369 g/mol. The molecule has 0 aliphatic heterocycles. The van der Waals surface area contributed by atoms with Gasteiger partial charge in [-0.05, 0) is 62.7 Å². The largest absolute Gasteiger partial charge is 0.301 e. The predicted octanol–water partition coefficient (Wildman–Crippen LogP) is 3.91. The molecule has 0 saturated heterocycles. The van der Waals surface area contributed by atoms with Gasteiger partial charge in [0, 0.05) is 10.7 Å². The smallest absolute Gasteiger partial charge is 0.226 e. The van der Waals surface area contributed by atoms with Gasteiger partial charge in [0.25, 0.3) is 0 Å². The van der Waals surface area contributed by atoms with Crippen molar-refractivity contribution in [1.82, 2.24) is 10.2 Å².